The maximum absolute atomic E-state index is 13.6. The van der Waals surface area contributed by atoms with Gasteiger partial charge in [0, 0.05) is 37.5 Å². The second-order valence-electron chi connectivity index (χ2n) is 8.74. The van der Waals surface area contributed by atoms with Gasteiger partial charge in [-0.2, -0.15) is 0 Å². The number of nitrogens with one attached hydrogen (secondary N) is 1. The van der Waals surface area contributed by atoms with Crippen LogP contribution < -0.4 is 10.1 Å². The van der Waals surface area contributed by atoms with Gasteiger partial charge >= 0.3 is 0 Å². The Morgan fingerprint density at radius 1 is 1.12 bits per heavy atom. The maximum Gasteiger partial charge on any atom is 0.261 e. The Bertz CT molecular complexity index is 1180. The molecule has 1 atom stereocenters. The summed E-state index contributed by atoms with van der Waals surface area (Å²) in [4.78, 5) is 15.3. The monoisotopic (exact) mass is 460 g/mol. The van der Waals surface area contributed by atoms with Gasteiger partial charge in [0.25, 0.3) is 5.91 Å². The van der Waals surface area contributed by atoms with Gasteiger partial charge in [-0.05, 0) is 35.6 Å². The van der Waals surface area contributed by atoms with E-state index < -0.39 is 0 Å². The Morgan fingerprint density at radius 3 is 2.76 bits per heavy atom. The summed E-state index contributed by atoms with van der Waals surface area (Å²) in [5.41, 5.74) is 4.29. The van der Waals surface area contributed by atoms with E-state index in [0.717, 1.165) is 36.3 Å². The van der Waals surface area contributed by atoms with E-state index in [2.05, 4.69) is 11.4 Å². The summed E-state index contributed by atoms with van der Waals surface area (Å²) in [6.07, 6.45) is 1.67. The molecule has 3 N–H and O–H groups in total. The number of fused-ring (bicyclic) bond motifs is 1. The van der Waals surface area contributed by atoms with E-state index in [1.165, 1.54) is 17.7 Å². The topological polar surface area (TPSA) is 91.3 Å². The molecule has 0 saturated carbocycles. The summed E-state index contributed by atoms with van der Waals surface area (Å²) in [6.45, 7) is 2.59. The molecule has 176 valence electrons. The van der Waals surface area contributed by atoms with Crippen molar-refractivity contribution < 1.29 is 24.5 Å². The molecule has 0 aliphatic carbocycles. The summed E-state index contributed by atoms with van der Waals surface area (Å²) in [5, 5.41) is 24.2. The molecule has 5 rings (SSSR count). The van der Waals surface area contributed by atoms with Crippen LogP contribution in [0, 0.1) is 0 Å². The Kier molecular flexibility index (Phi) is 6.27. The van der Waals surface area contributed by atoms with Crippen LogP contribution in [0.25, 0.3) is 0 Å². The molecule has 2 aliphatic rings. The van der Waals surface area contributed by atoms with Gasteiger partial charge in [0.15, 0.2) is 0 Å². The van der Waals surface area contributed by atoms with Crippen LogP contribution in [0.4, 0.5) is 5.69 Å². The third-order valence-corrected chi connectivity index (χ3v) is 6.37. The quantitative estimate of drug-likeness (QED) is 0.514. The van der Waals surface area contributed by atoms with Crippen LogP contribution in [-0.2, 0) is 24.3 Å². The zero-order valence-electron chi connectivity index (χ0n) is 18.9. The second-order valence-corrected chi connectivity index (χ2v) is 8.74. The normalized spacial score (nSPS) is 17.3. The van der Waals surface area contributed by atoms with Crippen LogP contribution in [0.1, 0.15) is 33.5 Å². The minimum Gasteiger partial charge on any atom is -0.508 e. The summed E-state index contributed by atoms with van der Waals surface area (Å²) >= 11 is 0. The molecular formula is C27H28N2O5. The number of ether oxygens (including phenoxy) is 2. The zero-order valence-corrected chi connectivity index (χ0v) is 18.9. The standard InChI is InChI=1S/C27H28N2O5/c30-21-13-24(31)26(25(14-21)34-16-18-5-2-1-3-6-18)27(32)29-11-9-19-7-4-8-23(22(19)15-29)28-20-10-12-33-17-20/h1-8,13-14,20,28,30-31H,9-12,15-17H2/t20-/m1/s1. The minimum atomic E-state index is -0.329. The van der Waals surface area contributed by atoms with Crippen LogP contribution in [-0.4, -0.2) is 46.8 Å². The molecule has 0 bridgehead atoms. The number of anilines is 1. The summed E-state index contributed by atoms with van der Waals surface area (Å²) < 4.78 is 11.4. The molecule has 1 amide bonds. The summed E-state index contributed by atoms with van der Waals surface area (Å²) in [6, 6.07) is 18.5. The third-order valence-electron chi connectivity index (χ3n) is 6.37. The van der Waals surface area contributed by atoms with Crippen molar-refractivity contribution in [3.05, 3.63) is 82.9 Å². The molecule has 7 heteroatoms. The summed E-state index contributed by atoms with van der Waals surface area (Å²) in [5.74, 6) is -0.628. The molecule has 3 aromatic carbocycles. The van der Waals surface area contributed by atoms with Gasteiger partial charge in [-0.25, -0.2) is 0 Å². The van der Waals surface area contributed by atoms with Gasteiger partial charge in [-0.1, -0.05) is 42.5 Å². The lowest BCUT2D eigenvalue weighted by Crippen LogP contribution is -2.37. The molecule has 2 heterocycles. The first-order chi connectivity index (χ1) is 16.6. The average molecular weight is 461 g/mol. The van der Waals surface area contributed by atoms with Crippen LogP contribution in [0.2, 0.25) is 0 Å². The third kappa shape index (κ3) is 4.65. The van der Waals surface area contributed by atoms with Crippen molar-refractivity contribution in [2.75, 3.05) is 25.1 Å². The van der Waals surface area contributed by atoms with Crippen molar-refractivity contribution in [1.29, 1.82) is 0 Å². The number of hydrogen-bond acceptors (Lipinski definition) is 6. The number of benzene rings is 3. The van der Waals surface area contributed by atoms with Crippen LogP contribution >= 0.6 is 0 Å². The number of phenols is 2. The van der Waals surface area contributed by atoms with Crippen molar-refractivity contribution in [1.82, 2.24) is 4.90 Å². The smallest absolute Gasteiger partial charge is 0.261 e. The molecule has 0 aromatic heterocycles. The van der Waals surface area contributed by atoms with Crippen LogP contribution in [0.3, 0.4) is 0 Å². The molecule has 1 saturated heterocycles. The largest absolute Gasteiger partial charge is 0.508 e. The second kappa shape index (κ2) is 9.65. The highest BCUT2D eigenvalue weighted by Gasteiger charge is 2.29. The minimum absolute atomic E-state index is 0.0619. The van der Waals surface area contributed by atoms with Gasteiger partial charge in [-0.3, -0.25) is 4.79 Å². The van der Waals surface area contributed by atoms with Crippen molar-refractivity contribution >= 4 is 11.6 Å². The van der Waals surface area contributed by atoms with Crippen molar-refractivity contribution in [2.45, 2.75) is 32.0 Å². The molecule has 0 unspecified atom stereocenters. The fraction of sp³-hybridized carbons (Fsp3) is 0.296. The number of amides is 1. The predicted octanol–water partition coefficient (Wildman–Crippen LogP) is 4.08. The average Bonchev–Trinajstić information content (AvgIpc) is 3.36. The van der Waals surface area contributed by atoms with Crippen molar-refractivity contribution in [3.63, 3.8) is 0 Å². The maximum atomic E-state index is 13.6. The number of aromatic hydroxyl groups is 2. The van der Waals surface area contributed by atoms with Crippen molar-refractivity contribution in [3.8, 4) is 17.2 Å². The number of carbonyl (C=O) groups is 1. The lowest BCUT2D eigenvalue weighted by Gasteiger charge is -2.31. The number of phenolic OH excluding ortho intramolecular Hbond substituents is 2. The lowest BCUT2D eigenvalue weighted by atomic mass is 9.96. The number of nitrogens with zero attached hydrogens (tertiary/aromatic N) is 1. The van der Waals surface area contributed by atoms with E-state index in [-0.39, 0.29) is 41.4 Å². The summed E-state index contributed by atoms with van der Waals surface area (Å²) in [7, 11) is 0. The SMILES string of the molecule is O=C(c1c(O)cc(O)cc1OCc1ccccc1)N1CCc2cccc(N[C@@H]3CCOC3)c2C1. The highest BCUT2D eigenvalue weighted by atomic mass is 16.5. The van der Waals surface area contributed by atoms with E-state index in [0.29, 0.717) is 19.7 Å². The van der Waals surface area contributed by atoms with E-state index in [9.17, 15) is 15.0 Å². The Balaban J connectivity index is 1.39. The molecule has 0 radical (unpaired) electrons. The van der Waals surface area contributed by atoms with E-state index in [4.69, 9.17) is 9.47 Å². The first kappa shape index (κ1) is 22.1. The van der Waals surface area contributed by atoms with Gasteiger partial charge in [0.1, 0.15) is 29.4 Å². The first-order valence-corrected chi connectivity index (χ1v) is 11.6. The van der Waals surface area contributed by atoms with Crippen LogP contribution in [0.15, 0.2) is 60.7 Å². The number of carbonyl (C=O) groups excluding carboxylic acids is 1. The van der Waals surface area contributed by atoms with Crippen LogP contribution in [0.5, 0.6) is 17.2 Å². The molecule has 2 aliphatic heterocycles. The predicted molar refractivity (Wildman–Crippen MR) is 128 cm³/mol. The molecule has 1 fully saturated rings. The molecule has 3 aromatic rings. The first-order valence-electron chi connectivity index (χ1n) is 11.6. The Morgan fingerprint density at radius 2 is 1.97 bits per heavy atom. The fourth-order valence-corrected chi connectivity index (χ4v) is 4.57. The van der Waals surface area contributed by atoms with Crippen molar-refractivity contribution in [2.24, 2.45) is 0 Å². The zero-order chi connectivity index (χ0) is 23.5. The molecular weight excluding hydrogens is 432 g/mol. The van der Waals surface area contributed by atoms with Gasteiger partial charge in [-0.15, -0.1) is 0 Å². The molecule has 0 spiro atoms. The highest BCUT2D eigenvalue weighted by Crippen LogP contribution is 2.36. The van der Waals surface area contributed by atoms with E-state index >= 15 is 0 Å². The highest BCUT2D eigenvalue weighted by molar-refractivity contribution is 6.00. The van der Waals surface area contributed by atoms with E-state index in [1.807, 2.05) is 42.5 Å². The lowest BCUT2D eigenvalue weighted by molar-refractivity contribution is 0.0726. The fourth-order valence-electron chi connectivity index (χ4n) is 4.57. The van der Waals surface area contributed by atoms with Gasteiger partial charge in [0.2, 0.25) is 0 Å². The van der Waals surface area contributed by atoms with Gasteiger partial charge < -0.3 is 29.9 Å². The van der Waals surface area contributed by atoms with Gasteiger partial charge in [0.05, 0.1) is 12.6 Å². The molecule has 34 heavy (non-hydrogen) atoms. The Hall–Kier alpha value is -3.71. The van der Waals surface area contributed by atoms with E-state index in [1.54, 1.807) is 4.90 Å². The molecule has 7 nitrogen and oxygen atoms in total. The Labute approximate surface area is 198 Å². The number of rotatable bonds is 6. The number of hydrogen-bond donors (Lipinski definition) is 3.